The van der Waals surface area contributed by atoms with Gasteiger partial charge in [0, 0.05) is 11.8 Å². The Kier molecular flexibility index (Phi) is 9.93. The van der Waals surface area contributed by atoms with Crippen LogP contribution < -0.4 is 0 Å². The molecule has 4 aromatic carbocycles. The van der Waals surface area contributed by atoms with Crippen LogP contribution in [0.1, 0.15) is 91.9 Å². The molecule has 0 amide bonds. The van der Waals surface area contributed by atoms with Gasteiger partial charge in [-0.25, -0.2) is 0 Å². The molecule has 4 N–H and O–H groups in total. The Bertz CT molecular complexity index is 1460. The SMILES string of the molecule is Oc1ccc(CC2CC(C3(C4CC(Cc5ccc(O)cc5)C(O)C(c5ccccc5)C4)CCCCC3)CC(c3ccccc3)C2O)cc1. The summed E-state index contributed by atoms with van der Waals surface area (Å²) in [6, 6.07) is 36.5. The van der Waals surface area contributed by atoms with Gasteiger partial charge in [0.05, 0.1) is 12.2 Å². The van der Waals surface area contributed by atoms with Crippen LogP contribution in [0.2, 0.25) is 0 Å². The van der Waals surface area contributed by atoms with Crippen molar-refractivity contribution in [3.8, 4) is 11.5 Å². The number of hydrogen-bond acceptors (Lipinski definition) is 4. The summed E-state index contributed by atoms with van der Waals surface area (Å²) < 4.78 is 0. The molecule has 0 spiro atoms. The molecule has 7 rings (SSSR count). The van der Waals surface area contributed by atoms with Crippen molar-refractivity contribution in [2.45, 2.75) is 94.7 Å². The summed E-state index contributed by atoms with van der Waals surface area (Å²) in [7, 11) is 0. The molecule has 4 aromatic rings. The fraction of sp³-hybridized carbons (Fsp3) is 0.455. The highest BCUT2D eigenvalue weighted by atomic mass is 16.3. The Morgan fingerprint density at radius 3 is 1.27 bits per heavy atom. The van der Waals surface area contributed by atoms with Crippen molar-refractivity contribution >= 4 is 0 Å². The quantitative estimate of drug-likeness (QED) is 0.154. The van der Waals surface area contributed by atoms with Crippen molar-refractivity contribution in [2.24, 2.45) is 29.1 Å². The van der Waals surface area contributed by atoms with Gasteiger partial charge in [-0.2, -0.15) is 0 Å². The van der Waals surface area contributed by atoms with Crippen LogP contribution in [0.15, 0.2) is 109 Å². The molecule has 3 aliphatic rings. The molecule has 48 heavy (non-hydrogen) atoms. The average molecular weight is 645 g/mol. The summed E-state index contributed by atoms with van der Waals surface area (Å²) in [4.78, 5) is 0. The third-order valence-electron chi connectivity index (χ3n) is 12.8. The number of aliphatic hydroxyl groups excluding tert-OH is 2. The molecule has 0 bridgehead atoms. The number of aliphatic hydroxyl groups is 2. The van der Waals surface area contributed by atoms with Gasteiger partial charge in [0.1, 0.15) is 11.5 Å². The molecule has 0 radical (unpaired) electrons. The van der Waals surface area contributed by atoms with Crippen molar-refractivity contribution in [1.82, 2.24) is 0 Å². The first-order valence-corrected chi connectivity index (χ1v) is 18.4. The standard InChI is InChI=1S/C44H52O4/c45-38-18-14-30(15-19-38)24-34-26-36(28-40(42(34)47)32-10-4-1-5-11-32)44(22-8-3-9-23-44)37-27-35(25-31-16-20-39(46)21-17-31)43(48)41(29-37)33-12-6-2-7-13-33/h1-2,4-7,10-21,34-37,40-43,45-48H,3,8-9,22-29H2. The maximum Gasteiger partial charge on any atom is 0.115 e. The van der Waals surface area contributed by atoms with Gasteiger partial charge in [0.15, 0.2) is 0 Å². The van der Waals surface area contributed by atoms with Crippen molar-refractivity contribution in [3.63, 3.8) is 0 Å². The van der Waals surface area contributed by atoms with E-state index in [1.165, 1.54) is 54.4 Å². The zero-order valence-corrected chi connectivity index (χ0v) is 28.1. The molecule has 8 unspecified atom stereocenters. The number of benzene rings is 4. The van der Waals surface area contributed by atoms with Gasteiger partial charge in [0.25, 0.3) is 0 Å². The molecule has 0 aliphatic heterocycles. The number of aromatic hydroxyl groups is 2. The van der Waals surface area contributed by atoms with Crippen molar-refractivity contribution in [2.75, 3.05) is 0 Å². The molecule has 252 valence electrons. The maximum atomic E-state index is 12.1. The van der Waals surface area contributed by atoms with E-state index in [9.17, 15) is 20.4 Å². The smallest absolute Gasteiger partial charge is 0.115 e. The molecule has 3 saturated carbocycles. The minimum Gasteiger partial charge on any atom is -0.508 e. The lowest BCUT2D eigenvalue weighted by atomic mass is 9.49. The Labute approximate surface area is 286 Å². The Hall–Kier alpha value is -3.60. The third-order valence-corrected chi connectivity index (χ3v) is 12.8. The van der Waals surface area contributed by atoms with Crippen molar-refractivity contribution in [1.29, 1.82) is 0 Å². The maximum absolute atomic E-state index is 12.1. The first kappa shape index (κ1) is 32.9. The summed E-state index contributed by atoms with van der Waals surface area (Å²) in [5, 5.41) is 44.1. The Morgan fingerprint density at radius 1 is 0.479 bits per heavy atom. The Balaban J connectivity index is 1.26. The van der Waals surface area contributed by atoms with Gasteiger partial charge >= 0.3 is 0 Å². The highest BCUT2D eigenvalue weighted by Gasteiger charge is 2.53. The lowest BCUT2D eigenvalue weighted by Gasteiger charge is -2.57. The highest BCUT2D eigenvalue weighted by molar-refractivity contribution is 5.30. The zero-order valence-electron chi connectivity index (χ0n) is 28.1. The van der Waals surface area contributed by atoms with E-state index in [1.807, 2.05) is 24.3 Å². The summed E-state index contributed by atoms with van der Waals surface area (Å²) in [6.45, 7) is 0. The minimum atomic E-state index is -0.425. The lowest BCUT2D eigenvalue weighted by Crippen LogP contribution is -2.50. The van der Waals surface area contributed by atoms with Gasteiger partial charge in [-0.05, 0) is 127 Å². The molecule has 0 heterocycles. The van der Waals surface area contributed by atoms with Gasteiger partial charge in [-0.1, -0.05) is 104 Å². The van der Waals surface area contributed by atoms with Gasteiger partial charge in [-0.3, -0.25) is 0 Å². The van der Waals surface area contributed by atoms with Crippen LogP contribution >= 0.6 is 0 Å². The predicted molar refractivity (Wildman–Crippen MR) is 192 cm³/mol. The molecule has 3 fully saturated rings. The van der Waals surface area contributed by atoms with Crippen LogP contribution in [0.4, 0.5) is 0 Å². The highest BCUT2D eigenvalue weighted by Crippen LogP contribution is 2.61. The van der Waals surface area contributed by atoms with E-state index in [4.69, 9.17) is 0 Å². The largest absolute Gasteiger partial charge is 0.508 e. The summed E-state index contributed by atoms with van der Waals surface area (Å²) in [5.74, 6) is 1.92. The second-order valence-electron chi connectivity index (χ2n) is 15.4. The predicted octanol–water partition coefficient (Wildman–Crippen LogP) is 9.18. The third kappa shape index (κ3) is 6.93. The Morgan fingerprint density at radius 2 is 0.875 bits per heavy atom. The average Bonchev–Trinajstić information content (AvgIpc) is 3.13. The zero-order chi connectivity index (χ0) is 33.1. The number of phenols is 2. The van der Waals surface area contributed by atoms with Gasteiger partial charge < -0.3 is 20.4 Å². The second kappa shape index (κ2) is 14.5. The van der Waals surface area contributed by atoms with E-state index >= 15 is 0 Å². The van der Waals surface area contributed by atoms with Crippen LogP contribution in [0.25, 0.3) is 0 Å². The molecule has 3 aliphatic carbocycles. The van der Waals surface area contributed by atoms with E-state index in [1.54, 1.807) is 24.3 Å². The van der Waals surface area contributed by atoms with Crippen molar-refractivity contribution in [3.05, 3.63) is 131 Å². The number of rotatable bonds is 8. The van der Waals surface area contributed by atoms with Crippen LogP contribution in [0.5, 0.6) is 11.5 Å². The second-order valence-corrected chi connectivity index (χ2v) is 15.4. The van der Waals surface area contributed by atoms with Crippen LogP contribution in [0, 0.1) is 29.1 Å². The summed E-state index contributed by atoms with van der Waals surface area (Å²) in [5.41, 5.74) is 4.96. The minimum absolute atomic E-state index is 0.0813. The van der Waals surface area contributed by atoms with E-state index in [2.05, 4.69) is 60.7 Å². The van der Waals surface area contributed by atoms with Crippen LogP contribution in [0.3, 0.4) is 0 Å². The number of hydrogen-bond donors (Lipinski definition) is 4. The molecular weight excluding hydrogens is 592 g/mol. The fourth-order valence-corrected chi connectivity index (χ4v) is 10.4. The molecule has 0 aromatic heterocycles. The first-order chi connectivity index (χ1) is 23.4. The van der Waals surface area contributed by atoms with E-state index in [0.717, 1.165) is 38.5 Å². The fourth-order valence-electron chi connectivity index (χ4n) is 10.4. The molecule has 8 atom stereocenters. The molecule has 0 saturated heterocycles. The molecule has 4 nitrogen and oxygen atoms in total. The normalized spacial score (nSPS) is 30.5. The van der Waals surface area contributed by atoms with Crippen LogP contribution in [-0.2, 0) is 12.8 Å². The monoisotopic (exact) mass is 644 g/mol. The van der Waals surface area contributed by atoms with Gasteiger partial charge in [0.2, 0.25) is 0 Å². The first-order valence-electron chi connectivity index (χ1n) is 18.4. The molecular formula is C44H52O4. The summed E-state index contributed by atoms with van der Waals surface area (Å²) in [6.07, 6.45) is 11.0. The summed E-state index contributed by atoms with van der Waals surface area (Å²) >= 11 is 0. The number of phenolic OH excluding ortho intramolecular Hbond substituents is 2. The van der Waals surface area contributed by atoms with E-state index < -0.39 is 12.2 Å². The lowest BCUT2D eigenvalue weighted by molar-refractivity contribution is -0.0865. The van der Waals surface area contributed by atoms with Gasteiger partial charge in [-0.15, -0.1) is 0 Å². The van der Waals surface area contributed by atoms with E-state index in [0.29, 0.717) is 11.8 Å². The van der Waals surface area contributed by atoms with E-state index in [-0.39, 0.29) is 40.6 Å². The molecule has 4 heteroatoms. The van der Waals surface area contributed by atoms with Crippen molar-refractivity contribution < 1.29 is 20.4 Å². The van der Waals surface area contributed by atoms with Crippen LogP contribution in [-0.4, -0.2) is 32.6 Å². The topological polar surface area (TPSA) is 80.9 Å².